The zero-order valence-corrected chi connectivity index (χ0v) is 9.95. The molecule has 7 heteroatoms. The number of nitrogens with one attached hydrogen (secondary N) is 1. The third kappa shape index (κ3) is 6.65. The van der Waals surface area contributed by atoms with E-state index in [0.29, 0.717) is 31.6 Å². The first-order chi connectivity index (χ1) is 7.49. The standard InChI is InChI=1S/C9H19N3O3S/c10-6(9(14)15)3-1-2-4-12-8(13)7(11)5-16/h6-7,16H,1-5,10-11H2,(H,12,13)(H,14,15)/t6-,7-/m0/s1. The minimum atomic E-state index is -0.999. The summed E-state index contributed by atoms with van der Waals surface area (Å²) < 4.78 is 0. The van der Waals surface area contributed by atoms with Crippen LogP contribution in [0.1, 0.15) is 19.3 Å². The van der Waals surface area contributed by atoms with Crippen molar-refractivity contribution in [2.75, 3.05) is 12.3 Å². The smallest absolute Gasteiger partial charge is 0.320 e. The summed E-state index contributed by atoms with van der Waals surface area (Å²) >= 11 is 3.90. The molecule has 94 valence electrons. The zero-order chi connectivity index (χ0) is 12.6. The summed E-state index contributed by atoms with van der Waals surface area (Å²) in [5, 5.41) is 11.1. The molecule has 0 aliphatic carbocycles. The number of thiol groups is 1. The van der Waals surface area contributed by atoms with Gasteiger partial charge >= 0.3 is 5.97 Å². The molecule has 0 aromatic carbocycles. The molecule has 16 heavy (non-hydrogen) atoms. The van der Waals surface area contributed by atoms with Gasteiger partial charge in [0.15, 0.2) is 0 Å². The van der Waals surface area contributed by atoms with Crippen molar-refractivity contribution in [3.8, 4) is 0 Å². The first-order valence-electron chi connectivity index (χ1n) is 5.11. The van der Waals surface area contributed by atoms with E-state index < -0.39 is 18.1 Å². The number of carbonyl (C=O) groups is 2. The molecule has 0 saturated carbocycles. The number of nitrogens with two attached hydrogens (primary N) is 2. The number of aliphatic carboxylic acids is 1. The highest BCUT2D eigenvalue weighted by Crippen LogP contribution is 1.98. The van der Waals surface area contributed by atoms with E-state index in [9.17, 15) is 9.59 Å². The quantitative estimate of drug-likeness (QED) is 0.277. The van der Waals surface area contributed by atoms with E-state index in [0.717, 1.165) is 0 Å². The van der Waals surface area contributed by atoms with Crippen LogP contribution in [-0.2, 0) is 9.59 Å². The van der Waals surface area contributed by atoms with Crippen LogP contribution in [0.25, 0.3) is 0 Å². The van der Waals surface area contributed by atoms with Crippen LogP contribution in [0, 0.1) is 0 Å². The number of carboxylic acid groups (broad SMARTS) is 1. The summed E-state index contributed by atoms with van der Waals surface area (Å²) in [5.41, 5.74) is 10.7. The maximum Gasteiger partial charge on any atom is 0.320 e. The predicted molar refractivity (Wildman–Crippen MR) is 64.3 cm³/mol. The highest BCUT2D eigenvalue weighted by atomic mass is 32.1. The number of carbonyl (C=O) groups excluding carboxylic acids is 1. The van der Waals surface area contributed by atoms with Crippen LogP contribution in [0.2, 0.25) is 0 Å². The lowest BCUT2D eigenvalue weighted by Gasteiger charge is -2.10. The predicted octanol–water partition coefficient (Wildman–Crippen LogP) is -1.06. The second-order valence-electron chi connectivity index (χ2n) is 3.52. The Morgan fingerprint density at radius 2 is 1.88 bits per heavy atom. The Balaban J connectivity index is 3.47. The highest BCUT2D eigenvalue weighted by Gasteiger charge is 2.11. The summed E-state index contributed by atoms with van der Waals surface area (Å²) in [6.45, 7) is 0.479. The zero-order valence-electron chi connectivity index (χ0n) is 9.06. The number of hydrogen-bond donors (Lipinski definition) is 5. The number of rotatable bonds is 8. The Morgan fingerprint density at radius 1 is 1.25 bits per heavy atom. The van der Waals surface area contributed by atoms with Gasteiger partial charge in [-0.1, -0.05) is 0 Å². The molecule has 0 unspecified atom stereocenters. The van der Waals surface area contributed by atoms with E-state index in [1.165, 1.54) is 0 Å². The van der Waals surface area contributed by atoms with E-state index in [1.54, 1.807) is 0 Å². The maximum absolute atomic E-state index is 11.2. The molecule has 1 amide bonds. The lowest BCUT2D eigenvalue weighted by molar-refractivity contribution is -0.138. The van der Waals surface area contributed by atoms with Gasteiger partial charge in [0, 0.05) is 12.3 Å². The maximum atomic E-state index is 11.2. The molecule has 0 aliphatic rings. The molecule has 0 rings (SSSR count). The normalized spacial score (nSPS) is 14.2. The van der Waals surface area contributed by atoms with Gasteiger partial charge in [-0.25, -0.2) is 0 Å². The summed E-state index contributed by atoms with van der Waals surface area (Å²) in [5.74, 6) is -0.936. The van der Waals surface area contributed by atoms with Crippen LogP contribution in [0.15, 0.2) is 0 Å². The van der Waals surface area contributed by atoms with Crippen LogP contribution in [0.3, 0.4) is 0 Å². The molecule has 2 atom stereocenters. The second-order valence-corrected chi connectivity index (χ2v) is 3.89. The van der Waals surface area contributed by atoms with Gasteiger partial charge in [-0.3, -0.25) is 9.59 Å². The number of hydrogen-bond acceptors (Lipinski definition) is 5. The molecular weight excluding hydrogens is 230 g/mol. The number of carboxylic acids is 1. The monoisotopic (exact) mass is 249 g/mol. The Hall–Kier alpha value is -0.790. The van der Waals surface area contributed by atoms with E-state index in [2.05, 4.69) is 17.9 Å². The van der Waals surface area contributed by atoms with Crippen LogP contribution in [-0.4, -0.2) is 41.4 Å². The van der Waals surface area contributed by atoms with Crippen molar-refractivity contribution in [1.82, 2.24) is 5.32 Å². The number of unbranched alkanes of at least 4 members (excludes halogenated alkanes) is 1. The van der Waals surface area contributed by atoms with Crippen molar-refractivity contribution in [3.63, 3.8) is 0 Å². The van der Waals surface area contributed by atoms with Gasteiger partial charge in [0.2, 0.25) is 5.91 Å². The fourth-order valence-corrected chi connectivity index (χ4v) is 1.20. The van der Waals surface area contributed by atoms with Crippen LogP contribution >= 0.6 is 12.6 Å². The lowest BCUT2D eigenvalue weighted by atomic mass is 10.1. The minimum absolute atomic E-state index is 0.238. The van der Waals surface area contributed by atoms with Gasteiger partial charge in [-0.2, -0.15) is 12.6 Å². The topological polar surface area (TPSA) is 118 Å². The Morgan fingerprint density at radius 3 is 2.38 bits per heavy atom. The first kappa shape index (κ1) is 15.2. The van der Waals surface area contributed by atoms with Crippen molar-refractivity contribution in [2.24, 2.45) is 11.5 Å². The molecular formula is C9H19N3O3S. The molecule has 6 N–H and O–H groups in total. The fourth-order valence-electron chi connectivity index (χ4n) is 1.04. The molecule has 0 heterocycles. The van der Waals surface area contributed by atoms with Crippen molar-refractivity contribution in [2.45, 2.75) is 31.3 Å². The molecule has 0 radical (unpaired) electrons. The Kier molecular flexibility index (Phi) is 7.96. The van der Waals surface area contributed by atoms with Gasteiger partial charge in [0.25, 0.3) is 0 Å². The first-order valence-corrected chi connectivity index (χ1v) is 5.74. The van der Waals surface area contributed by atoms with Gasteiger partial charge in [-0.05, 0) is 19.3 Å². The van der Waals surface area contributed by atoms with Crippen LogP contribution < -0.4 is 16.8 Å². The Bertz CT molecular complexity index is 238. The molecule has 0 spiro atoms. The molecule has 0 fully saturated rings. The minimum Gasteiger partial charge on any atom is -0.480 e. The summed E-state index contributed by atoms with van der Waals surface area (Å²) in [4.78, 5) is 21.6. The SMILES string of the molecule is N[C@@H](CCCCNC(=O)[C@@H](N)CS)C(=O)O. The van der Waals surface area contributed by atoms with Crippen molar-refractivity contribution in [3.05, 3.63) is 0 Å². The molecule has 0 saturated heterocycles. The van der Waals surface area contributed by atoms with Crippen molar-refractivity contribution >= 4 is 24.5 Å². The Labute approximate surface area is 100 Å². The second kappa shape index (κ2) is 8.37. The summed E-state index contributed by atoms with van der Waals surface area (Å²) in [7, 11) is 0. The van der Waals surface area contributed by atoms with Crippen molar-refractivity contribution in [1.29, 1.82) is 0 Å². The van der Waals surface area contributed by atoms with E-state index in [-0.39, 0.29) is 5.91 Å². The average Bonchev–Trinajstić information content (AvgIpc) is 2.26. The molecule has 0 bridgehead atoms. The van der Waals surface area contributed by atoms with Crippen LogP contribution in [0.4, 0.5) is 0 Å². The number of amides is 1. The summed E-state index contributed by atoms with van der Waals surface area (Å²) in [6.07, 6.45) is 1.75. The van der Waals surface area contributed by atoms with Crippen molar-refractivity contribution < 1.29 is 14.7 Å². The van der Waals surface area contributed by atoms with Gasteiger partial charge in [0.05, 0.1) is 6.04 Å². The molecule has 0 aromatic rings. The highest BCUT2D eigenvalue weighted by molar-refractivity contribution is 7.80. The largest absolute Gasteiger partial charge is 0.480 e. The average molecular weight is 249 g/mol. The van der Waals surface area contributed by atoms with E-state index in [1.807, 2.05) is 0 Å². The third-order valence-corrected chi connectivity index (χ3v) is 2.49. The van der Waals surface area contributed by atoms with Crippen LogP contribution in [0.5, 0.6) is 0 Å². The third-order valence-electron chi connectivity index (χ3n) is 2.09. The van der Waals surface area contributed by atoms with Gasteiger partial charge in [-0.15, -0.1) is 0 Å². The van der Waals surface area contributed by atoms with E-state index in [4.69, 9.17) is 16.6 Å². The lowest BCUT2D eigenvalue weighted by Crippen LogP contribution is -2.42. The molecule has 6 nitrogen and oxygen atoms in total. The fraction of sp³-hybridized carbons (Fsp3) is 0.778. The molecule has 0 aromatic heterocycles. The van der Waals surface area contributed by atoms with E-state index >= 15 is 0 Å². The summed E-state index contributed by atoms with van der Waals surface area (Å²) in [6, 6.07) is -1.42. The molecule has 0 aliphatic heterocycles. The van der Waals surface area contributed by atoms with Gasteiger partial charge < -0.3 is 21.9 Å². The van der Waals surface area contributed by atoms with Gasteiger partial charge in [0.1, 0.15) is 6.04 Å².